The molecule has 1 aromatic rings. The van der Waals surface area contributed by atoms with Gasteiger partial charge >= 0.3 is 0 Å². The summed E-state index contributed by atoms with van der Waals surface area (Å²) in [6.07, 6.45) is 1.10. The third-order valence-electron chi connectivity index (χ3n) is 2.50. The van der Waals surface area contributed by atoms with E-state index in [1.54, 1.807) is 0 Å². The van der Waals surface area contributed by atoms with Crippen molar-refractivity contribution >= 4 is 23.2 Å². The average molecular weight is 260 g/mol. The summed E-state index contributed by atoms with van der Waals surface area (Å²) in [5.74, 6) is 0.651. The van der Waals surface area contributed by atoms with Crippen LogP contribution in [0.25, 0.3) is 0 Å². The molecular formula is C13H19Cl2N. The minimum Gasteiger partial charge on any atom is -0.310 e. The molecular weight excluding hydrogens is 241 g/mol. The zero-order valence-electron chi connectivity index (χ0n) is 10.1. The molecule has 1 unspecified atom stereocenters. The Kier molecular flexibility index (Phi) is 5.60. The smallest absolute Gasteiger partial charge is 0.0595 e. The van der Waals surface area contributed by atoms with Gasteiger partial charge in [0, 0.05) is 6.04 Å². The van der Waals surface area contributed by atoms with Gasteiger partial charge in [-0.25, -0.2) is 0 Å². The molecule has 1 aromatic carbocycles. The number of hydrogen-bond acceptors (Lipinski definition) is 1. The van der Waals surface area contributed by atoms with Gasteiger partial charge in [0.1, 0.15) is 0 Å². The van der Waals surface area contributed by atoms with E-state index in [9.17, 15) is 0 Å². The molecule has 90 valence electrons. The molecule has 3 heteroatoms. The van der Waals surface area contributed by atoms with Gasteiger partial charge in [0.05, 0.1) is 10.0 Å². The van der Waals surface area contributed by atoms with Crippen LogP contribution in [-0.4, -0.2) is 6.54 Å². The summed E-state index contributed by atoms with van der Waals surface area (Å²) in [5.41, 5.74) is 1.21. The average Bonchev–Trinajstić information content (AvgIpc) is 2.21. The van der Waals surface area contributed by atoms with E-state index in [2.05, 4.69) is 26.1 Å². The largest absolute Gasteiger partial charge is 0.310 e. The van der Waals surface area contributed by atoms with Gasteiger partial charge in [-0.15, -0.1) is 0 Å². The number of halogens is 2. The molecule has 0 aliphatic carbocycles. The maximum Gasteiger partial charge on any atom is 0.0595 e. The van der Waals surface area contributed by atoms with Crippen LogP contribution in [0.15, 0.2) is 18.2 Å². The van der Waals surface area contributed by atoms with Gasteiger partial charge in [-0.2, -0.15) is 0 Å². The van der Waals surface area contributed by atoms with E-state index >= 15 is 0 Å². The minimum absolute atomic E-state index is 0.361. The summed E-state index contributed by atoms with van der Waals surface area (Å²) in [7, 11) is 0. The van der Waals surface area contributed by atoms with Crippen LogP contribution >= 0.6 is 23.2 Å². The highest BCUT2D eigenvalue weighted by molar-refractivity contribution is 6.42. The summed E-state index contributed by atoms with van der Waals surface area (Å²) >= 11 is 12.0. The summed E-state index contributed by atoms with van der Waals surface area (Å²) < 4.78 is 0. The van der Waals surface area contributed by atoms with Gasteiger partial charge in [-0.3, -0.25) is 0 Å². The van der Waals surface area contributed by atoms with Crippen LogP contribution < -0.4 is 5.32 Å². The fraction of sp³-hybridized carbons (Fsp3) is 0.538. The van der Waals surface area contributed by atoms with Crippen molar-refractivity contribution in [2.45, 2.75) is 33.2 Å². The predicted octanol–water partition coefficient (Wildman–Crippen LogP) is 4.69. The predicted molar refractivity (Wildman–Crippen MR) is 72.3 cm³/mol. The van der Waals surface area contributed by atoms with Crippen molar-refractivity contribution in [3.8, 4) is 0 Å². The molecule has 0 heterocycles. The van der Waals surface area contributed by atoms with Crippen molar-refractivity contribution in [1.82, 2.24) is 5.32 Å². The van der Waals surface area contributed by atoms with Crippen molar-refractivity contribution < 1.29 is 0 Å². The Morgan fingerprint density at radius 2 is 1.88 bits per heavy atom. The lowest BCUT2D eigenvalue weighted by molar-refractivity contribution is 0.438. The minimum atomic E-state index is 0.361. The van der Waals surface area contributed by atoms with Crippen molar-refractivity contribution in [2.75, 3.05) is 6.54 Å². The van der Waals surface area contributed by atoms with Gasteiger partial charge in [-0.05, 0) is 36.6 Å². The zero-order chi connectivity index (χ0) is 12.1. The Bertz CT molecular complexity index is 337. The van der Waals surface area contributed by atoms with Crippen molar-refractivity contribution in [3.05, 3.63) is 33.8 Å². The van der Waals surface area contributed by atoms with E-state index < -0.39 is 0 Å². The Balaban J connectivity index is 2.87. The van der Waals surface area contributed by atoms with Crippen LogP contribution in [0.5, 0.6) is 0 Å². The maximum atomic E-state index is 6.03. The maximum absolute atomic E-state index is 6.03. The lowest BCUT2D eigenvalue weighted by Gasteiger charge is -2.20. The third kappa shape index (κ3) is 3.97. The third-order valence-corrected chi connectivity index (χ3v) is 3.24. The molecule has 16 heavy (non-hydrogen) atoms. The van der Waals surface area contributed by atoms with Crippen molar-refractivity contribution in [1.29, 1.82) is 0 Å². The quantitative estimate of drug-likeness (QED) is 0.809. The molecule has 1 nitrogen and oxygen atoms in total. The molecule has 0 amide bonds. The number of hydrogen-bond donors (Lipinski definition) is 1. The standard InChI is InChI=1S/C13H19Cl2N/c1-4-16-13(7-9(2)3)10-5-6-11(14)12(15)8-10/h5-6,8-9,13,16H,4,7H2,1-3H3. The van der Waals surface area contributed by atoms with Crippen LogP contribution in [0.2, 0.25) is 10.0 Å². The summed E-state index contributed by atoms with van der Waals surface area (Å²) in [4.78, 5) is 0. The van der Waals surface area contributed by atoms with Crippen LogP contribution in [-0.2, 0) is 0 Å². The monoisotopic (exact) mass is 259 g/mol. The molecule has 0 radical (unpaired) electrons. The van der Waals surface area contributed by atoms with Gasteiger partial charge < -0.3 is 5.32 Å². The molecule has 0 fully saturated rings. The molecule has 0 spiro atoms. The number of rotatable bonds is 5. The molecule has 0 aromatic heterocycles. The molecule has 0 saturated carbocycles. The molecule has 1 N–H and O–H groups in total. The molecule has 1 atom stereocenters. The highest BCUT2D eigenvalue weighted by atomic mass is 35.5. The van der Waals surface area contributed by atoms with E-state index in [1.807, 2.05) is 18.2 Å². The van der Waals surface area contributed by atoms with Gasteiger partial charge in [-0.1, -0.05) is 50.0 Å². The van der Waals surface area contributed by atoms with E-state index in [1.165, 1.54) is 5.56 Å². The topological polar surface area (TPSA) is 12.0 Å². The molecule has 0 saturated heterocycles. The van der Waals surface area contributed by atoms with Crippen molar-refractivity contribution in [2.24, 2.45) is 5.92 Å². The Morgan fingerprint density at radius 1 is 1.19 bits per heavy atom. The summed E-state index contributed by atoms with van der Waals surface area (Å²) in [5, 5.41) is 4.72. The first-order valence-electron chi connectivity index (χ1n) is 5.73. The van der Waals surface area contributed by atoms with Crippen LogP contribution in [0.1, 0.15) is 38.8 Å². The molecule has 0 aliphatic rings. The van der Waals surface area contributed by atoms with Crippen LogP contribution in [0.3, 0.4) is 0 Å². The van der Waals surface area contributed by atoms with E-state index in [4.69, 9.17) is 23.2 Å². The first-order valence-corrected chi connectivity index (χ1v) is 6.48. The Morgan fingerprint density at radius 3 is 2.38 bits per heavy atom. The summed E-state index contributed by atoms with van der Waals surface area (Å²) in [6, 6.07) is 6.23. The second kappa shape index (κ2) is 6.48. The highest BCUT2D eigenvalue weighted by Gasteiger charge is 2.13. The van der Waals surface area contributed by atoms with Gasteiger partial charge in [0.2, 0.25) is 0 Å². The van der Waals surface area contributed by atoms with Crippen molar-refractivity contribution in [3.63, 3.8) is 0 Å². The number of nitrogens with one attached hydrogen (secondary N) is 1. The zero-order valence-corrected chi connectivity index (χ0v) is 11.6. The van der Waals surface area contributed by atoms with E-state index in [0.717, 1.165) is 13.0 Å². The van der Waals surface area contributed by atoms with E-state index in [-0.39, 0.29) is 0 Å². The van der Waals surface area contributed by atoms with Gasteiger partial charge in [0.25, 0.3) is 0 Å². The highest BCUT2D eigenvalue weighted by Crippen LogP contribution is 2.28. The lowest BCUT2D eigenvalue weighted by atomic mass is 9.97. The van der Waals surface area contributed by atoms with E-state index in [0.29, 0.717) is 22.0 Å². The van der Waals surface area contributed by atoms with Gasteiger partial charge in [0.15, 0.2) is 0 Å². The van der Waals surface area contributed by atoms with Crippen LogP contribution in [0, 0.1) is 5.92 Å². The Labute approximate surface area is 108 Å². The first-order chi connectivity index (χ1) is 7.54. The second-order valence-corrected chi connectivity index (χ2v) is 5.23. The molecule has 0 aliphatic heterocycles. The first kappa shape index (κ1) is 13.8. The Hall–Kier alpha value is -0.240. The summed E-state index contributed by atoms with van der Waals surface area (Å²) in [6.45, 7) is 7.52. The number of benzene rings is 1. The lowest BCUT2D eigenvalue weighted by Crippen LogP contribution is -2.22. The fourth-order valence-electron chi connectivity index (χ4n) is 1.78. The normalized spacial score (nSPS) is 13.1. The second-order valence-electron chi connectivity index (χ2n) is 4.41. The SMILES string of the molecule is CCNC(CC(C)C)c1ccc(Cl)c(Cl)c1. The fourth-order valence-corrected chi connectivity index (χ4v) is 2.09. The van der Waals surface area contributed by atoms with Crippen LogP contribution in [0.4, 0.5) is 0 Å². The molecule has 0 bridgehead atoms. The molecule has 1 rings (SSSR count).